The molecule has 0 aromatic heterocycles. The topological polar surface area (TPSA) is 169 Å². The monoisotopic (exact) mass is 671 g/mol. The molecule has 4 atom stereocenters. The number of nitrogens with one attached hydrogen (secondary N) is 4. The van der Waals surface area contributed by atoms with Gasteiger partial charge in [-0.25, -0.2) is 4.79 Å². The number of thiocarbonyl (C=S) groups is 1. The smallest absolute Gasteiger partial charge is 0.334 e. The first-order valence-electron chi connectivity index (χ1n) is 16.3. The predicted octanol–water partition coefficient (Wildman–Crippen LogP) is 1.97. The number of amides is 3. The number of morpholine rings is 1. The van der Waals surface area contributed by atoms with Gasteiger partial charge in [0, 0.05) is 33.1 Å². The predicted molar refractivity (Wildman–Crippen MR) is 184 cm³/mol. The molecule has 0 aliphatic carbocycles. The minimum absolute atomic E-state index is 0.0132. The van der Waals surface area contributed by atoms with E-state index >= 15 is 0 Å². The van der Waals surface area contributed by atoms with Gasteiger partial charge in [0.2, 0.25) is 17.7 Å². The number of nitrogens with zero attached hydrogens (tertiary/aromatic N) is 1. The highest BCUT2D eigenvalue weighted by Crippen LogP contribution is 2.24. The maximum Gasteiger partial charge on any atom is 0.334 e. The van der Waals surface area contributed by atoms with Crippen LogP contribution in [0.15, 0.2) is 42.5 Å². The zero-order valence-electron chi connectivity index (χ0n) is 27.5. The van der Waals surface area contributed by atoms with E-state index in [1.54, 1.807) is 11.9 Å². The molecule has 0 saturated carbocycles. The summed E-state index contributed by atoms with van der Waals surface area (Å²) in [5, 5.41) is 33.8. The molecule has 1 saturated heterocycles. The van der Waals surface area contributed by atoms with Crippen molar-refractivity contribution in [3.63, 3.8) is 0 Å². The fraction of sp³-hybridized carbons (Fsp3) is 0.559. The first-order chi connectivity index (χ1) is 22.5. The highest BCUT2D eigenvalue weighted by molar-refractivity contribution is 7.80. The lowest BCUT2D eigenvalue weighted by atomic mass is 9.91. The van der Waals surface area contributed by atoms with E-state index in [1.807, 2.05) is 56.3 Å². The number of hydrogen-bond donors (Lipinski definition) is 6. The van der Waals surface area contributed by atoms with E-state index in [4.69, 9.17) is 17.0 Å². The number of aliphatic hydroxyl groups is 1. The van der Waals surface area contributed by atoms with Crippen LogP contribution in [0.5, 0.6) is 0 Å². The molecule has 13 heteroatoms. The highest BCUT2D eigenvalue weighted by Gasteiger charge is 2.33. The van der Waals surface area contributed by atoms with Gasteiger partial charge in [-0.15, -0.1) is 0 Å². The number of carboxylic acid groups (broad SMARTS) is 1. The lowest BCUT2D eigenvalue weighted by Crippen LogP contribution is -2.55. The molecule has 0 spiro atoms. The Bertz CT molecular complexity index is 1360. The molecule has 3 amide bonds. The third-order valence-corrected chi connectivity index (χ3v) is 8.60. The Morgan fingerprint density at radius 1 is 0.979 bits per heavy atom. The number of aliphatic hydroxyl groups excluding tert-OH is 1. The average molecular weight is 672 g/mol. The number of hydrogen-bond acceptors (Lipinski definition) is 7. The van der Waals surface area contributed by atoms with Gasteiger partial charge in [0.1, 0.15) is 6.04 Å². The number of carbonyl (C=O) groups excluding carboxylic acids is 3. The van der Waals surface area contributed by atoms with Crippen molar-refractivity contribution in [1.29, 1.82) is 0 Å². The van der Waals surface area contributed by atoms with Gasteiger partial charge in [-0.1, -0.05) is 56.3 Å². The van der Waals surface area contributed by atoms with Crippen LogP contribution in [0.25, 0.3) is 10.8 Å². The van der Waals surface area contributed by atoms with Crippen LogP contribution in [0, 0.1) is 11.8 Å². The Balaban J connectivity index is 1.85. The third kappa shape index (κ3) is 12.1. The lowest BCUT2D eigenvalue weighted by Gasteiger charge is -2.29. The first kappa shape index (κ1) is 37.6. The molecule has 47 heavy (non-hydrogen) atoms. The molecule has 0 radical (unpaired) electrons. The third-order valence-electron chi connectivity index (χ3n) is 8.25. The second kappa shape index (κ2) is 19.1. The van der Waals surface area contributed by atoms with E-state index in [2.05, 4.69) is 21.3 Å². The molecule has 1 heterocycles. The maximum absolute atomic E-state index is 14.1. The van der Waals surface area contributed by atoms with Crippen LogP contribution < -0.4 is 21.3 Å². The molecule has 3 rings (SSSR count). The van der Waals surface area contributed by atoms with Crippen LogP contribution in [0.2, 0.25) is 0 Å². The molecule has 258 valence electrons. The van der Waals surface area contributed by atoms with Crippen LogP contribution in [0.3, 0.4) is 0 Å². The van der Waals surface area contributed by atoms with Gasteiger partial charge in [0.25, 0.3) is 0 Å². The number of unbranched alkanes of at least 4 members (excludes halogenated alkanes) is 1. The summed E-state index contributed by atoms with van der Waals surface area (Å²) in [5.41, 5.74) is 0.909. The molecule has 2 aromatic carbocycles. The number of ether oxygens (including phenoxy) is 1. The molecule has 1 aliphatic rings. The number of aliphatic carboxylic acids is 1. The Labute approximate surface area is 282 Å². The number of carbonyl (C=O) groups is 4. The largest absolute Gasteiger partial charge is 0.479 e. The molecule has 6 N–H and O–H groups in total. The summed E-state index contributed by atoms with van der Waals surface area (Å²) in [6, 6.07) is 11.6. The van der Waals surface area contributed by atoms with Crippen molar-refractivity contribution in [2.45, 2.75) is 70.6 Å². The van der Waals surface area contributed by atoms with Crippen molar-refractivity contribution >= 4 is 51.8 Å². The van der Waals surface area contributed by atoms with Crippen molar-refractivity contribution in [2.24, 2.45) is 11.8 Å². The van der Waals surface area contributed by atoms with Gasteiger partial charge in [-0.05, 0) is 66.6 Å². The summed E-state index contributed by atoms with van der Waals surface area (Å²) < 4.78 is 5.40. The second-order valence-electron chi connectivity index (χ2n) is 12.3. The van der Waals surface area contributed by atoms with Crippen LogP contribution in [-0.4, -0.2) is 102 Å². The van der Waals surface area contributed by atoms with Crippen molar-refractivity contribution in [1.82, 2.24) is 26.2 Å². The van der Waals surface area contributed by atoms with Gasteiger partial charge in [-0.2, -0.15) is 0 Å². The van der Waals surface area contributed by atoms with Crippen molar-refractivity contribution in [2.75, 3.05) is 39.9 Å². The minimum atomic E-state index is -1.81. The SMILES string of the molecule is CNC(=S)NCCCCC(NC(=O)C(CC(=O)N1CCOCC1)Cc1cccc2ccccc12)C(=O)NC(CC(C)C)[C@H](O)C(=O)O. The number of carboxylic acids is 1. The van der Waals surface area contributed by atoms with Crippen LogP contribution in [0.1, 0.15) is 51.5 Å². The molecule has 2 aromatic rings. The first-order valence-corrected chi connectivity index (χ1v) is 16.7. The van der Waals surface area contributed by atoms with Crippen LogP contribution in [0.4, 0.5) is 0 Å². The Morgan fingerprint density at radius 2 is 1.68 bits per heavy atom. The van der Waals surface area contributed by atoms with E-state index in [1.165, 1.54) is 0 Å². The minimum Gasteiger partial charge on any atom is -0.479 e. The summed E-state index contributed by atoms with van der Waals surface area (Å²) in [5.74, 6) is -3.44. The van der Waals surface area contributed by atoms with Crippen LogP contribution in [-0.2, 0) is 30.3 Å². The quantitative estimate of drug-likeness (QED) is 0.108. The molecular formula is C34H49N5O7S. The molecule has 12 nitrogen and oxygen atoms in total. The number of rotatable bonds is 17. The zero-order valence-corrected chi connectivity index (χ0v) is 28.3. The van der Waals surface area contributed by atoms with Gasteiger partial charge in [0.15, 0.2) is 11.2 Å². The number of benzene rings is 2. The van der Waals surface area contributed by atoms with E-state index in [0.717, 1.165) is 16.3 Å². The van der Waals surface area contributed by atoms with Gasteiger partial charge < -0.3 is 41.1 Å². The summed E-state index contributed by atoms with van der Waals surface area (Å²) in [7, 11) is 1.71. The van der Waals surface area contributed by atoms with Crippen LogP contribution >= 0.6 is 12.2 Å². The Hall–Kier alpha value is -3.81. The fourth-order valence-electron chi connectivity index (χ4n) is 5.70. The molecule has 0 bridgehead atoms. The fourth-order valence-corrected chi connectivity index (χ4v) is 5.80. The van der Waals surface area contributed by atoms with E-state index in [9.17, 15) is 29.4 Å². The molecule has 1 fully saturated rings. The van der Waals surface area contributed by atoms with Crippen molar-refractivity contribution in [3.8, 4) is 0 Å². The summed E-state index contributed by atoms with van der Waals surface area (Å²) in [6.07, 6.45) is 0.0666. The molecular weight excluding hydrogens is 622 g/mol. The van der Waals surface area contributed by atoms with Crippen molar-refractivity contribution in [3.05, 3.63) is 48.0 Å². The molecule has 1 aliphatic heterocycles. The lowest BCUT2D eigenvalue weighted by molar-refractivity contribution is -0.149. The summed E-state index contributed by atoms with van der Waals surface area (Å²) in [4.78, 5) is 54.5. The average Bonchev–Trinajstić information content (AvgIpc) is 3.06. The number of fused-ring (bicyclic) bond motifs is 1. The van der Waals surface area contributed by atoms with Crippen molar-refractivity contribution < 1.29 is 34.1 Å². The Kier molecular flexibility index (Phi) is 15.3. The van der Waals surface area contributed by atoms with Gasteiger partial charge >= 0.3 is 5.97 Å². The van der Waals surface area contributed by atoms with E-state index < -0.39 is 41.9 Å². The van der Waals surface area contributed by atoms with Gasteiger partial charge in [0.05, 0.1) is 25.2 Å². The molecule has 3 unspecified atom stereocenters. The standard InChI is InChI=1S/C34H49N5O7S/c1-22(2)19-28(30(41)33(44)45)38-32(43)27(13-6-7-14-36-34(47)35-3)37-31(42)25(21-29(40)39-15-17-46-18-16-39)20-24-11-8-10-23-9-4-5-12-26(23)24/h4-5,8-12,22,25,27-28,30,41H,6-7,13-21H2,1-3H3,(H,37,42)(H,38,43)(H,44,45)(H2,35,36,47)/t25?,27?,28?,30-/m0/s1. The zero-order chi connectivity index (χ0) is 34.3. The van der Waals surface area contributed by atoms with Gasteiger partial charge in [-0.3, -0.25) is 14.4 Å². The summed E-state index contributed by atoms with van der Waals surface area (Å²) >= 11 is 5.12. The maximum atomic E-state index is 14.1. The van der Waals surface area contributed by atoms with E-state index in [0.29, 0.717) is 50.8 Å². The second-order valence-corrected chi connectivity index (χ2v) is 12.7. The van der Waals surface area contributed by atoms with E-state index in [-0.39, 0.29) is 37.5 Å². The summed E-state index contributed by atoms with van der Waals surface area (Å²) in [6.45, 7) is 6.02. The Morgan fingerprint density at radius 3 is 2.36 bits per heavy atom. The highest BCUT2D eigenvalue weighted by atomic mass is 32.1. The normalized spacial score (nSPS) is 15.7.